The fourth-order valence-electron chi connectivity index (χ4n) is 3.13. The van der Waals surface area contributed by atoms with Crippen molar-refractivity contribution in [1.29, 1.82) is 0 Å². The molecule has 1 aromatic carbocycles. The number of hydrogen-bond acceptors (Lipinski definition) is 8. The average molecular weight is 446 g/mol. The summed E-state index contributed by atoms with van der Waals surface area (Å²) < 4.78 is 29.9. The number of nitrogens with zero attached hydrogens (tertiary/aromatic N) is 1. The Bertz CT molecular complexity index is 1010. The average Bonchev–Trinajstić information content (AvgIpc) is 2.63. The number of β-lactam (4-membered cyclic amide) rings is 1. The van der Waals surface area contributed by atoms with Gasteiger partial charge >= 0.3 is 57.4 Å². The Morgan fingerprint density at radius 3 is 2.41 bits per heavy atom. The van der Waals surface area contributed by atoms with Crippen molar-refractivity contribution < 1.29 is 88.8 Å². The number of rotatable bonds is 5. The molecule has 12 heteroatoms. The van der Waals surface area contributed by atoms with Crippen LogP contribution in [0.25, 0.3) is 0 Å². The predicted octanol–water partition coefficient (Wildman–Crippen LogP) is -5.05. The Kier molecular flexibility index (Phi) is 7.40. The standard InChI is InChI=1S/C17H16N2O8S.K/c1-9(20)27-7-11-8-28(25,26)16-12(15(22)19(16)13(11)17(23)24)18-14(21)10-5-3-2-4-6-10;/h2-6,12,16H,7-8H2,1H3,(H,18,21)(H,23,24);/q;+1/p-1/t12-,16-;/m0./s1. The predicted molar refractivity (Wildman–Crippen MR) is 90.8 cm³/mol. The second kappa shape index (κ2) is 9.06. The molecule has 0 aliphatic carbocycles. The molecular weight excluding hydrogens is 431 g/mol. The van der Waals surface area contributed by atoms with Crippen LogP contribution < -0.4 is 61.8 Å². The molecule has 0 aromatic heterocycles. The van der Waals surface area contributed by atoms with Crippen LogP contribution in [0.15, 0.2) is 41.6 Å². The van der Waals surface area contributed by atoms with Crippen molar-refractivity contribution in [3.05, 3.63) is 47.2 Å². The summed E-state index contributed by atoms with van der Waals surface area (Å²) in [4.78, 5) is 47.8. The maximum atomic E-state index is 12.6. The molecule has 0 saturated carbocycles. The minimum atomic E-state index is -4.05. The molecule has 0 unspecified atom stereocenters. The Hall–Kier alpha value is -1.57. The van der Waals surface area contributed by atoms with Gasteiger partial charge in [-0.25, -0.2) is 8.42 Å². The van der Waals surface area contributed by atoms with Crippen LogP contribution in [0.5, 0.6) is 0 Å². The van der Waals surface area contributed by atoms with Gasteiger partial charge in [-0.3, -0.25) is 19.3 Å². The van der Waals surface area contributed by atoms with E-state index in [9.17, 15) is 32.7 Å². The van der Waals surface area contributed by atoms with Gasteiger partial charge < -0.3 is 20.0 Å². The zero-order chi connectivity index (χ0) is 20.6. The Morgan fingerprint density at radius 2 is 1.86 bits per heavy atom. The van der Waals surface area contributed by atoms with Crippen molar-refractivity contribution in [3.63, 3.8) is 0 Å². The van der Waals surface area contributed by atoms with E-state index in [0.29, 0.717) is 4.90 Å². The Labute approximate surface area is 208 Å². The van der Waals surface area contributed by atoms with Crippen molar-refractivity contribution in [3.8, 4) is 0 Å². The molecule has 1 aromatic rings. The van der Waals surface area contributed by atoms with Gasteiger partial charge in [0, 0.05) is 18.1 Å². The molecule has 10 nitrogen and oxygen atoms in total. The number of carbonyl (C=O) groups is 4. The third kappa shape index (κ3) is 4.62. The van der Waals surface area contributed by atoms with E-state index in [1.165, 1.54) is 12.1 Å². The summed E-state index contributed by atoms with van der Waals surface area (Å²) in [5.74, 6) is -4.83. The summed E-state index contributed by atoms with van der Waals surface area (Å²) in [6, 6.07) is 6.41. The van der Waals surface area contributed by atoms with Crippen LogP contribution in [0.2, 0.25) is 0 Å². The number of benzene rings is 1. The largest absolute Gasteiger partial charge is 1.00 e. The van der Waals surface area contributed by atoms with E-state index >= 15 is 0 Å². The first-order valence-electron chi connectivity index (χ1n) is 8.11. The molecule has 2 heterocycles. The summed E-state index contributed by atoms with van der Waals surface area (Å²) in [5, 5.41) is 12.3. The van der Waals surface area contributed by atoms with Gasteiger partial charge in [-0.1, -0.05) is 18.2 Å². The van der Waals surface area contributed by atoms with Crippen LogP contribution >= 0.6 is 0 Å². The normalized spacial score (nSPS) is 22.0. The van der Waals surface area contributed by atoms with Crippen LogP contribution in [-0.4, -0.2) is 60.8 Å². The fraction of sp³-hybridized carbons (Fsp3) is 0.294. The number of hydrogen-bond donors (Lipinski definition) is 1. The summed E-state index contributed by atoms with van der Waals surface area (Å²) in [5.41, 5.74) is -0.711. The number of carboxylic acids is 1. The molecule has 2 amide bonds. The van der Waals surface area contributed by atoms with Gasteiger partial charge in [0.1, 0.15) is 12.6 Å². The Balaban J connectivity index is 0.00000300. The minimum absolute atomic E-state index is 0. The van der Waals surface area contributed by atoms with Gasteiger partial charge in [0.2, 0.25) is 0 Å². The molecule has 1 N–H and O–H groups in total. The van der Waals surface area contributed by atoms with Gasteiger partial charge in [-0.2, -0.15) is 0 Å². The number of aliphatic carboxylic acids is 1. The molecule has 0 radical (unpaired) electrons. The van der Waals surface area contributed by atoms with E-state index in [4.69, 9.17) is 0 Å². The van der Waals surface area contributed by atoms with Gasteiger partial charge in [0.15, 0.2) is 15.2 Å². The molecule has 2 aliphatic rings. The summed E-state index contributed by atoms with van der Waals surface area (Å²) in [6.45, 7) is 0.471. The monoisotopic (exact) mass is 446 g/mol. The van der Waals surface area contributed by atoms with Crippen LogP contribution in [0.1, 0.15) is 17.3 Å². The molecule has 2 atom stereocenters. The van der Waals surface area contributed by atoms with Crippen LogP contribution in [-0.2, 0) is 29.0 Å². The number of carboxylic acid groups (broad SMARTS) is 1. The van der Waals surface area contributed by atoms with Gasteiger partial charge in [0.25, 0.3) is 11.8 Å². The van der Waals surface area contributed by atoms with Gasteiger partial charge in [0.05, 0.1) is 17.4 Å². The molecule has 0 spiro atoms. The zero-order valence-corrected chi connectivity index (χ0v) is 19.5. The molecule has 2 aliphatic heterocycles. The first-order chi connectivity index (χ1) is 13.1. The van der Waals surface area contributed by atoms with Crippen LogP contribution in [0.3, 0.4) is 0 Å². The van der Waals surface area contributed by atoms with Crippen LogP contribution in [0.4, 0.5) is 0 Å². The molecule has 3 rings (SSSR count). The number of carbonyl (C=O) groups excluding carboxylic acids is 4. The molecule has 1 fully saturated rings. The van der Waals surface area contributed by atoms with E-state index in [1.54, 1.807) is 18.2 Å². The summed E-state index contributed by atoms with van der Waals surface area (Å²) in [6.07, 6.45) is 0. The van der Waals surface area contributed by atoms with E-state index in [-0.39, 0.29) is 62.5 Å². The van der Waals surface area contributed by atoms with Gasteiger partial charge in [-0.05, 0) is 12.1 Å². The summed E-state index contributed by atoms with van der Waals surface area (Å²) >= 11 is 0. The van der Waals surface area contributed by atoms with E-state index < -0.39 is 63.1 Å². The first kappa shape index (κ1) is 23.7. The van der Waals surface area contributed by atoms with Crippen molar-refractivity contribution in [2.45, 2.75) is 18.3 Å². The minimum Gasteiger partial charge on any atom is -0.543 e. The smallest absolute Gasteiger partial charge is 0.543 e. The first-order valence-corrected chi connectivity index (χ1v) is 9.82. The fourth-order valence-corrected chi connectivity index (χ4v) is 5.13. The number of fused-ring (bicyclic) bond motifs is 1. The quantitative estimate of drug-likeness (QED) is 0.268. The van der Waals surface area contributed by atoms with Crippen molar-refractivity contribution in [2.24, 2.45) is 0 Å². The molecule has 29 heavy (non-hydrogen) atoms. The number of sulfone groups is 1. The van der Waals surface area contributed by atoms with E-state index in [0.717, 1.165) is 6.92 Å². The van der Waals surface area contributed by atoms with E-state index in [1.807, 2.05) is 0 Å². The molecule has 0 bridgehead atoms. The third-order valence-electron chi connectivity index (χ3n) is 4.33. The Morgan fingerprint density at radius 1 is 1.24 bits per heavy atom. The number of amides is 2. The SMILES string of the molecule is CC(=O)OCC1=C(C(=O)[O-])N2C(=O)[C@H](NC(=O)c3ccccc3)[C@@H]2S(=O)(=O)C1.[K+]. The van der Waals surface area contributed by atoms with Gasteiger partial charge in [-0.15, -0.1) is 0 Å². The number of ether oxygens (including phenoxy) is 1. The zero-order valence-electron chi connectivity index (χ0n) is 15.6. The maximum absolute atomic E-state index is 12.6. The van der Waals surface area contributed by atoms with E-state index in [2.05, 4.69) is 10.1 Å². The molecular formula is C17H15KN2O8S. The molecule has 148 valence electrons. The third-order valence-corrected chi connectivity index (χ3v) is 6.30. The number of esters is 1. The van der Waals surface area contributed by atoms with Crippen LogP contribution in [0, 0.1) is 0 Å². The van der Waals surface area contributed by atoms with Crippen molar-refractivity contribution in [1.82, 2.24) is 10.2 Å². The maximum Gasteiger partial charge on any atom is 1.00 e. The van der Waals surface area contributed by atoms with Crippen molar-refractivity contribution >= 4 is 33.6 Å². The summed E-state index contributed by atoms with van der Waals surface area (Å²) in [7, 11) is -4.05. The second-order valence-electron chi connectivity index (χ2n) is 6.24. The second-order valence-corrected chi connectivity index (χ2v) is 8.34. The molecule has 1 saturated heterocycles. The topological polar surface area (TPSA) is 150 Å². The number of nitrogens with one attached hydrogen (secondary N) is 1. The van der Waals surface area contributed by atoms with Crippen molar-refractivity contribution in [2.75, 3.05) is 12.4 Å².